The number of anilines is 2. The number of hydrazone groups is 1. The van der Waals surface area contributed by atoms with Crippen molar-refractivity contribution in [2.24, 2.45) is 5.10 Å². The third kappa shape index (κ3) is 3.89. The summed E-state index contributed by atoms with van der Waals surface area (Å²) in [6.07, 6.45) is 0. The third-order valence-electron chi connectivity index (χ3n) is 3.44. The van der Waals surface area contributed by atoms with Crippen molar-refractivity contribution in [2.45, 2.75) is 33.7 Å². The predicted octanol–water partition coefficient (Wildman–Crippen LogP) is 4.98. The van der Waals surface area contributed by atoms with Gasteiger partial charge in [-0.05, 0) is 64.1 Å². The lowest BCUT2D eigenvalue weighted by molar-refractivity contribution is 0.713. The standard InChI is InChI=1S/C18H22BrN3/c1-12(2)22(16-8-6-15(19)7-9-16)21-14(4)17-11-13(3)5-10-18(17)20/h5-12H,20H2,1-4H3/b21-14+. The van der Waals surface area contributed by atoms with Crippen LogP contribution >= 0.6 is 15.9 Å². The van der Waals surface area contributed by atoms with E-state index in [-0.39, 0.29) is 6.04 Å². The van der Waals surface area contributed by atoms with Crippen LogP contribution in [0.3, 0.4) is 0 Å². The van der Waals surface area contributed by atoms with Crippen LogP contribution in [0.5, 0.6) is 0 Å². The zero-order valence-corrected chi connectivity index (χ0v) is 15.1. The zero-order valence-electron chi connectivity index (χ0n) is 13.5. The molecule has 2 N–H and O–H groups in total. The molecule has 2 aromatic carbocycles. The Morgan fingerprint density at radius 3 is 2.36 bits per heavy atom. The SMILES string of the molecule is C/C(=N\N(c1ccc(Br)cc1)C(C)C)c1cc(C)ccc1N. The second-order valence-electron chi connectivity index (χ2n) is 5.69. The molecule has 2 rings (SSSR count). The summed E-state index contributed by atoms with van der Waals surface area (Å²) < 4.78 is 1.06. The van der Waals surface area contributed by atoms with Gasteiger partial charge in [-0.1, -0.05) is 27.6 Å². The van der Waals surface area contributed by atoms with Crippen LogP contribution in [0.2, 0.25) is 0 Å². The van der Waals surface area contributed by atoms with E-state index in [1.165, 1.54) is 5.56 Å². The van der Waals surface area contributed by atoms with Crippen LogP contribution in [0.25, 0.3) is 0 Å². The Labute approximate surface area is 141 Å². The molecule has 0 spiro atoms. The van der Waals surface area contributed by atoms with Crippen molar-refractivity contribution in [3.8, 4) is 0 Å². The van der Waals surface area contributed by atoms with Gasteiger partial charge in [0, 0.05) is 21.8 Å². The van der Waals surface area contributed by atoms with Gasteiger partial charge < -0.3 is 5.73 Å². The molecule has 0 saturated heterocycles. The van der Waals surface area contributed by atoms with Crippen LogP contribution in [0.1, 0.15) is 31.9 Å². The average Bonchev–Trinajstić information content (AvgIpc) is 2.48. The largest absolute Gasteiger partial charge is 0.398 e. The Bertz CT molecular complexity index is 675. The Hall–Kier alpha value is -1.81. The molecule has 116 valence electrons. The highest BCUT2D eigenvalue weighted by atomic mass is 79.9. The molecule has 0 bridgehead atoms. The minimum Gasteiger partial charge on any atom is -0.398 e. The Kier molecular flexibility index (Phi) is 5.24. The maximum Gasteiger partial charge on any atom is 0.0671 e. The predicted molar refractivity (Wildman–Crippen MR) is 99.6 cm³/mol. The van der Waals surface area contributed by atoms with Gasteiger partial charge in [0.05, 0.1) is 11.4 Å². The van der Waals surface area contributed by atoms with E-state index in [1.54, 1.807) is 0 Å². The summed E-state index contributed by atoms with van der Waals surface area (Å²) in [5, 5.41) is 6.82. The van der Waals surface area contributed by atoms with Crippen LogP contribution in [0.15, 0.2) is 52.0 Å². The molecule has 0 amide bonds. The minimum absolute atomic E-state index is 0.252. The summed E-state index contributed by atoms with van der Waals surface area (Å²) >= 11 is 3.47. The lowest BCUT2D eigenvalue weighted by atomic mass is 10.1. The molecule has 0 aliphatic carbocycles. The molecule has 0 heterocycles. The van der Waals surface area contributed by atoms with Crippen LogP contribution in [-0.4, -0.2) is 11.8 Å². The van der Waals surface area contributed by atoms with Crippen molar-refractivity contribution < 1.29 is 0 Å². The number of benzene rings is 2. The molecule has 0 aliphatic rings. The third-order valence-corrected chi connectivity index (χ3v) is 3.97. The van der Waals surface area contributed by atoms with Crippen LogP contribution < -0.4 is 10.7 Å². The second kappa shape index (κ2) is 6.97. The zero-order chi connectivity index (χ0) is 16.3. The number of hydrogen-bond donors (Lipinski definition) is 1. The van der Waals surface area contributed by atoms with Crippen molar-refractivity contribution in [1.29, 1.82) is 0 Å². The molecule has 22 heavy (non-hydrogen) atoms. The number of hydrogen-bond acceptors (Lipinski definition) is 3. The molecule has 4 heteroatoms. The van der Waals surface area contributed by atoms with Gasteiger partial charge in [0.2, 0.25) is 0 Å². The lowest BCUT2D eigenvalue weighted by Gasteiger charge is -2.25. The topological polar surface area (TPSA) is 41.6 Å². The Morgan fingerprint density at radius 1 is 1.14 bits per heavy atom. The molecular weight excluding hydrogens is 338 g/mol. The molecule has 0 saturated carbocycles. The van der Waals surface area contributed by atoms with Gasteiger partial charge in [-0.25, -0.2) is 0 Å². The van der Waals surface area contributed by atoms with Gasteiger partial charge in [-0.2, -0.15) is 5.10 Å². The molecule has 2 aromatic rings. The smallest absolute Gasteiger partial charge is 0.0671 e. The molecule has 0 unspecified atom stereocenters. The van der Waals surface area contributed by atoms with Gasteiger partial charge >= 0.3 is 0 Å². The van der Waals surface area contributed by atoms with E-state index in [0.717, 1.165) is 27.1 Å². The summed E-state index contributed by atoms with van der Waals surface area (Å²) in [6, 6.07) is 14.4. The van der Waals surface area contributed by atoms with Gasteiger partial charge in [-0.15, -0.1) is 0 Å². The summed E-state index contributed by atoms with van der Waals surface area (Å²) in [7, 11) is 0. The normalized spacial score (nSPS) is 11.8. The minimum atomic E-state index is 0.252. The molecular formula is C18H22BrN3. The van der Waals surface area contributed by atoms with Gasteiger partial charge in [0.1, 0.15) is 0 Å². The Balaban J connectivity index is 2.41. The summed E-state index contributed by atoms with van der Waals surface area (Å²) in [6.45, 7) is 8.31. The maximum atomic E-state index is 6.10. The lowest BCUT2D eigenvalue weighted by Crippen LogP contribution is -2.26. The van der Waals surface area contributed by atoms with Crippen molar-refractivity contribution >= 4 is 33.0 Å². The number of halogens is 1. The van der Waals surface area contributed by atoms with Crippen LogP contribution in [0, 0.1) is 6.92 Å². The molecule has 0 atom stereocenters. The van der Waals surface area contributed by atoms with E-state index in [0.29, 0.717) is 0 Å². The summed E-state index contributed by atoms with van der Waals surface area (Å²) in [4.78, 5) is 0. The van der Waals surface area contributed by atoms with Crippen molar-refractivity contribution in [3.05, 3.63) is 58.1 Å². The first kappa shape index (κ1) is 16.6. The molecule has 0 fully saturated rings. The van der Waals surface area contributed by atoms with Crippen molar-refractivity contribution in [3.63, 3.8) is 0 Å². The second-order valence-corrected chi connectivity index (χ2v) is 6.61. The van der Waals surface area contributed by atoms with E-state index >= 15 is 0 Å². The first-order valence-electron chi connectivity index (χ1n) is 7.35. The van der Waals surface area contributed by atoms with E-state index in [2.05, 4.69) is 54.9 Å². The highest BCUT2D eigenvalue weighted by Gasteiger charge is 2.12. The number of nitrogens with two attached hydrogens (primary N) is 1. The van der Waals surface area contributed by atoms with Crippen molar-refractivity contribution in [2.75, 3.05) is 10.7 Å². The van der Waals surface area contributed by atoms with E-state index in [1.807, 2.05) is 36.2 Å². The van der Waals surface area contributed by atoms with Crippen LogP contribution in [0.4, 0.5) is 11.4 Å². The van der Waals surface area contributed by atoms with Gasteiger partial charge in [0.25, 0.3) is 0 Å². The summed E-state index contributed by atoms with van der Waals surface area (Å²) in [5.74, 6) is 0. The van der Waals surface area contributed by atoms with E-state index < -0.39 is 0 Å². The van der Waals surface area contributed by atoms with Gasteiger partial charge in [0.15, 0.2) is 0 Å². The summed E-state index contributed by atoms with van der Waals surface area (Å²) in [5.41, 5.74) is 11.0. The fraction of sp³-hybridized carbons (Fsp3) is 0.278. The Morgan fingerprint density at radius 2 is 1.77 bits per heavy atom. The highest BCUT2D eigenvalue weighted by molar-refractivity contribution is 9.10. The number of nitrogen functional groups attached to an aromatic ring is 1. The van der Waals surface area contributed by atoms with Gasteiger partial charge in [-0.3, -0.25) is 5.01 Å². The number of rotatable bonds is 4. The molecule has 3 nitrogen and oxygen atoms in total. The monoisotopic (exact) mass is 359 g/mol. The molecule has 0 aromatic heterocycles. The quantitative estimate of drug-likeness (QED) is 0.475. The molecule has 0 radical (unpaired) electrons. The van der Waals surface area contributed by atoms with Crippen molar-refractivity contribution in [1.82, 2.24) is 0 Å². The number of nitrogens with zero attached hydrogens (tertiary/aromatic N) is 2. The molecule has 0 aliphatic heterocycles. The van der Waals surface area contributed by atoms with E-state index in [9.17, 15) is 0 Å². The van der Waals surface area contributed by atoms with Crippen LogP contribution in [-0.2, 0) is 0 Å². The fourth-order valence-corrected chi connectivity index (χ4v) is 2.53. The fourth-order valence-electron chi connectivity index (χ4n) is 2.26. The number of aryl methyl sites for hydroxylation is 1. The first-order valence-corrected chi connectivity index (χ1v) is 8.14. The average molecular weight is 360 g/mol. The maximum absolute atomic E-state index is 6.10. The highest BCUT2D eigenvalue weighted by Crippen LogP contribution is 2.22. The first-order chi connectivity index (χ1) is 10.4. The van der Waals surface area contributed by atoms with E-state index in [4.69, 9.17) is 10.8 Å².